The molecule has 11 heteroatoms. The smallest absolute Gasteiger partial charge is 0.270 e. The van der Waals surface area contributed by atoms with E-state index in [4.69, 9.17) is 11.8 Å². The van der Waals surface area contributed by atoms with Crippen LogP contribution in [0.3, 0.4) is 0 Å². The lowest BCUT2D eigenvalue weighted by molar-refractivity contribution is 0.0935. The van der Waals surface area contributed by atoms with Crippen LogP contribution in [0.25, 0.3) is 5.78 Å². The minimum Gasteiger partial charge on any atom is -0.350 e. The summed E-state index contributed by atoms with van der Waals surface area (Å²) in [5.74, 6) is -0.607. The van der Waals surface area contributed by atoms with Gasteiger partial charge in [0.05, 0.1) is 0 Å². The number of carbonyl (C=O) groups is 2. The minimum atomic E-state index is -0.469. The molecule has 2 aromatic heterocycles. The van der Waals surface area contributed by atoms with E-state index in [0.717, 1.165) is 31.2 Å². The first-order valence-electron chi connectivity index (χ1n) is 10.8. The molecule has 3 N–H and O–H groups in total. The molecule has 1 aliphatic carbocycles. The summed E-state index contributed by atoms with van der Waals surface area (Å²) in [4.78, 5) is 36.7. The van der Waals surface area contributed by atoms with Crippen molar-refractivity contribution in [2.75, 3.05) is 6.54 Å². The molecular weight excluding hydrogens is 449 g/mol. The Morgan fingerprint density at radius 3 is 2.67 bits per heavy atom. The first-order valence-corrected chi connectivity index (χ1v) is 11.2. The fraction of sp³-hybridized carbons (Fsp3) is 0.409. The summed E-state index contributed by atoms with van der Waals surface area (Å²) in [5, 5.41) is 9.75. The number of carbonyl (C=O) groups excluding carboxylic acids is 2. The third kappa shape index (κ3) is 5.45. The second-order valence-corrected chi connectivity index (χ2v) is 8.52. The molecule has 9 nitrogen and oxygen atoms in total. The molecule has 0 spiro atoms. The van der Waals surface area contributed by atoms with Gasteiger partial charge in [0.2, 0.25) is 0 Å². The van der Waals surface area contributed by atoms with E-state index in [1.807, 2.05) is 0 Å². The molecule has 0 saturated heterocycles. The molecule has 1 aromatic carbocycles. The summed E-state index contributed by atoms with van der Waals surface area (Å²) in [6.07, 6.45) is 5.14. The number of hydrogen-bond acceptors (Lipinski definition) is 6. The van der Waals surface area contributed by atoms with Crippen LogP contribution in [-0.4, -0.2) is 44.0 Å². The molecule has 4 rings (SSSR count). The normalized spacial score (nSPS) is 18.3. The standard InChI is InChI=1S/C22H25ClFN7O2/c1-13-8-15(4-7-17(13)24)11-25-20(32)18-9-19(31-22(29-18)27-12-28-31)21(33)26-10-14-2-5-16(30-23)6-3-14/h4,7-9,12,14,16,30H,2-3,5-6,10-11H2,1H3,(H,25,32)(H,26,33)/t14-,16-. The maximum atomic E-state index is 13.5. The van der Waals surface area contributed by atoms with Crippen LogP contribution in [-0.2, 0) is 6.54 Å². The molecule has 33 heavy (non-hydrogen) atoms. The molecule has 3 aromatic rings. The highest BCUT2D eigenvalue weighted by Crippen LogP contribution is 2.24. The number of rotatable bonds is 7. The number of fused-ring (bicyclic) bond motifs is 1. The molecule has 1 fully saturated rings. The molecule has 0 unspecified atom stereocenters. The van der Waals surface area contributed by atoms with Crippen molar-refractivity contribution in [3.05, 3.63) is 58.9 Å². The average Bonchev–Trinajstić information content (AvgIpc) is 3.31. The topological polar surface area (TPSA) is 113 Å². The molecule has 1 saturated carbocycles. The maximum absolute atomic E-state index is 13.5. The van der Waals surface area contributed by atoms with E-state index in [-0.39, 0.29) is 35.4 Å². The van der Waals surface area contributed by atoms with E-state index in [1.54, 1.807) is 19.1 Å². The average molecular weight is 474 g/mol. The first kappa shape index (κ1) is 23.1. The number of amides is 2. The Morgan fingerprint density at radius 1 is 1.15 bits per heavy atom. The Hall–Kier alpha value is -3.11. The van der Waals surface area contributed by atoms with Crippen molar-refractivity contribution in [2.24, 2.45) is 5.92 Å². The van der Waals surface area contributed by atoms with E-state index in [1.165, 1.54) is 23.0 Å². The molecule has 0 radical (unpaired) electrons. The summed E-state index contributed by atoms with van der Waals surface area (Å²) in [6.45, 7) is 2.38. The van der Waals surface area contributed by atoms with Gasteiger partial charge in [0.1, 0.15) is 23.5 Å². The largest absolute Gasteiger partial charge is 0.350 e. The van der Waals surface area contributed by atoms with Crippen molar-refractivity contribution in [3.8, 4) is 0 Å². The predicted molar refractivity (Wildman–Crippen MR) is 120 cm³/mol. The molecular formula is C22H25ClFN7O2. The Bertz CT molecular complexity index is 1160. The van der Waals surface area contributed by atoms with Gasteiger partial charge in [0.15, 0.2) is 0 Å². The number of hydrogen-bond donors (Lipinski definition) is 3. The number of aryl methyl sites for hydroxylation is 1. The Kier molecular flexibility index (Phi) is 7.14. The van der Waals surface area contributed by atoms with Gasteiger partial charge in [-0.15, -0.1) is 0 Å². The van der Waals surface area contributed by atoms with E-state index in [9.17, 15) is 14.0 Å². The summed E-state index contributed by atoms with van der Waals surface area (Å²) >= 11 is 5.70. The Balaban J connectivity index is 1.44. The highest BCUT2D eigenvalue weighted by molar-refractivity contribution is 6.13. The molecule has 174 valence electrons. The van der Waals surface area contributed by atoms with Crippen LogP contribution in [0.4, 0.5) is 4.39 Å². The van der Waals surface area contributed by atoms with Crippen LogP contribution in [0.15, 0.2) is 30.6 Å². The monoisotopic (exact) mass is 473 g/mol. The van der Waals surface area contributed by atoms with Gasteiger partial charge in [-0.3, -0.25) is 9.59 Å². The summed E-state index contributed by atoms with van der Waals surface area (Å²) in [6, 6.07) is 6.34. The zero-order chi connectivity index (χ0) is 23.4. The van der Waals surface area contributed by atoms with Crippen molar-refractivity contribution in [1.82, 2.24) is 35.1 Å². The maximum Gasteiger partial charge on any atom is 0.270 e. The Labute approximate surface area is 195 Å². The number of halogens is 2. The van der Waals surface area contributed by atoms with Gasteiger partial charge in [0.25, 0.3) is 17.6 Å². The lowest BCUT2D eigenvalue weighted by Gasteiger charge is -2.27. The highest BCUT2D eigenvalue weighted by atomic mass is 35.5. The second kappa shape index (κ2) is 10.2. The van der Waals surface area contributed by atoms with Gasteiger partial charge in [-0.05, 0) is 67.5 Å². The quantitative estimate of drug-likeness (QED) is 0.454. The third-order valence-electron chi connectivity index (χ3n) is 5.94. The zero-order valence-corrected chi connectivity index (χ0v) is 18.9. The van der Waals surface area contributed by atoms with Gasteiger partial charge < -0.3 is 10.6 Å². The van der Waals surface area contributed by atoms with Crippen LogP contribution in [0, 0.1) is 18.7 Å². The Morgan fingerprint density at radius 2 is 1.94 bits per heavy atom. The fourth-order valence-corrected chi connectivity index (χ4v) is 4.20. The van der Waals surface area contributed by atoms with Crippen molar-refractivity contribution in [1.29, 1.82) is 0 Å². The lowest BCUT2D eigenvalue weighted by Crippen LogP contribution is -2.35. The van der Waals surface area contributed by atoms with Crippen molar-refractivity contribution in [3.63, 3.8) is 0 Å². The van der Waals surface area contributed by atoms with E-state index in [0.29, 0.717) is 24.1 Å². The highest BCUT2D eigenvalue weighted by Gasteiger charge is 2.23. The van der Waals surface area contributed by atoms with Gasteiger partial charge >= 0.3 is 0 Å². The van der Waals surface area contributed by atoms with Gasteiger partial charge in [-0.1, -0.05) is 12.1 Å². The van der Waals surface area contributed by atoms with Crippen molar-refractivity contribution < 1.29 is 14.0 Å². The SMILES string of the molecule is Cc1cc(CNC(=O)c2cc(C(=O)NC[C@H]3CC[C@H](NCl)CC3)n3ncnc3n2)ccc1F. The number of aromatic nitrogens is 4. The van der Waals surface area contributed by atoms with E-state index in [2.05, 4.69) is 30.5 Å². The van der Waals surface area contributed by atoms with Crippen molar-refractivity contribution >= 4 is 29.4 Å². The second-order valence-electron chi connectivity index (χ2n) is 8.30. The predicted octanol–water partition coefficient (Wildman–Crippen LogP) is 2.53. The van der Waals surface area contributed by atoms with Gasteiger partial charge in [0, 0.05) is 25.2 Å². The van der Waals surface area contributed by atoms with Crippen LogP contribution in [0.5, 0.6) is 0 Å². The van der Waals surface area contributed by atoms with Crippen LogP contribution < -0.4 is 15.5 Å². The van der Waals surface area contributed by atoms with Crippen LogP contribution >= 0.6 is 11.8 Å². The van der Waals surface area contributed by atoms with Gasteiger partial charge in [-0.25, -0.2) is 14.2 Å². The van der Waals surface area contributed by atoms with E-state index >= 15 is 0 Å². The lowest BCUT2D eigenvalue weighted by atomic mass is 9.86. The zero-order valence-electron chi connectivity index (χ0n) is 18.1. The molecule has 2 amide bonds. The summed E-state index contributed by atoms with van der Waals surface area (Å²) < 4.78 is 14.8. The number of benzene rings is 1. The molecule has 0 bridgehead atoms. The third-order valence-corrected chi connectivity index (χ3v) is 6.25. The van der Waals surface area contributed by atoms with Crippen LogP contribution in [0.1, 0.15) is 57.8 Å². The summed E-state index contributed by atoms with van der Waals surface area (Å²) in [7, 11) is 0. The fourth-order valence-electron chi connectivity index (χ4n) is 3.98. The number of nitrogens with zero attached hydrogens (tertiary/aromatic N) is 4. The van der Waals surface area contributed by atoms with E-state index < -0.39 is 5.91 Å². The molecule has 0 atom stereocenters. The summed E-state index contributed by atoms with van der Waals surface area (Å²) in [5.41, 5.74) is 1.48. The molecule has 2 heterocycles. The van der Waals surface area contributed by atoms with Crippen molar-refractivity contribution in [2.45, 2.75) is 45.2 Å². The van der Waals surface area contributed by atoms with Crippen LogP contribution in [0.2, 0.25) is 0 Å². The molecule has 0 aliphatic heterocycles. The van der Waals surface area contributed by atoms with Gasteiger partial charge in [-0.2, -0.15) is 14.6 Å². The number of nitrogens with one attached hydrogen (secondary N) is 3. The molecule has 1 aliphatic rings. The first-order chi connectivity index (χ1) is 15.9. The minimum absolute atomic E-state index is 0.0492.